The van der Waals surface area contributed by atoms with Gasteiger partial charge < -0.3 is 10.6 Å². The van der Waals surface area contributed by atoms with Crippen LogP contribution in [0.15, 0.2) is 48.5 Å². The highest BCUT2D eigenvalue weighted by Gasteiger charge is 2.39. The summed E-state index contributed by atoms with van der Waals surface area (Å²) in [6.07, 6.45) is -3.88. The Kier molecular flexibility index (Phi) is 6.31. The number of imide groups is 1. The number of aryl methyl sites for hydroxylation is 1. The van der Waals surface area contributed by atoms with Crippen molar-refractivity contribution in [3.63, 3.8) is 0 Å². The van der Waals surface area contributed by atoms with Crippen LogP contribution in [-0.4, -0.2) is 35.3 Å². The van der Waals surface area contributed by atoms with E-state index >= 15 is 0 Å². The summed E-state index contributed by atoms with van der Waals surface area (Å²) in [4.78, 5) is 37.5. The standard InChI is InChI=1S/C20H17ClF3N3O3/c21-14-8-4-7-13(20(22,23)24)17(14)26-16(28)11-27-18(29)15(25-19(27)30)10-9-12-5-2-1-3-6-12/h1-8,15H,9-11H2,(H,25,30)(H,26,28)/t15-/m0/s1. The third-order valence-corrected chi connectivity index (χ3v) is 4.87. The van der Waals surface area contributed by atoms with Crippen LogP contribution < -0.4 is 10.6 Å². The van der Waals surface area contributed by atoms with Gasteiger partial charge in [-0.3, -0.25) is 14.5 Å². The monoisotopic (exact) mass is 439 g/mol. The number of alkyl halides is 3. The lowest BCUT2D eigenvalue weighted by Crippen LogP contribution is -2.38. The average Bonchev–Trinajstić information content (AvgIpc) is 2.95. The molecule has 2 aromatic rings. The number of nitrogens with one attached hydrogen (secondary N) is 2. The van der Waals surface area contributed by atoms with E-state index in [0.717, 1.165) is 17.7 Å². The number of halogens is 4. The number of amides is 4. The van der Waals surface area contributed by atoms with Gasteiger partial charge in [-0.25, -0.2) is 4.79 Å². The molecule has 30 heavy (non-hydrogen) atoms. The largest absolute Gasteiger partial charge is 0.418 e. The summed E-state index contributed by atoms with van der Waals surface area (Å²) in [6.45, 7) is -0.727. The molecule has 1 fully saturated rings. The first-order valence-electron chi connectivity index (χ1n) is 8.98. The van der Waals surface area contributed by atoms with Crippen molar-refractivity contribution in [2.45, 2.75) is 25.1 Å². The molecule has 0 aliphatic carbocycles. The van der Waals surface area contributed by atoms with Crippen molar-refractivity contribution >= 4 is 35.1 Å². The van der Waals surface area contributed by atoms with E-state index in [1.807, 2.05) is 30.3 Å². The van der Waals surface area contributed by atoms with E-state index in [0.29, 0.717) is 17.7 Å². The predicted molar refractivity (Wildman–Crippen MR) is 104 cm³/mol. The number of nitrogens with zero attached hydrogens (tertiary/aromatic N) is 1. The maximum atomic E-state index is 13.1. The van der Waals surface area contributed by atoms with Crippen LogP contribution in [0.5, 0.6) is 0 Å². The summed E-state index contributed by atoms with van der Waals surface area (Å²) in [6, 6.07) is 10.8. The molecule has 1 aliphatic rings. The molecule has 0 saturated carbocycles. The molecule has 0 radical (unpaired) electrons. The summed E-state index contributed by atoms with van der Waals surface area (Å²) in [5.74, 6) is -1.58. The van der Waals surface area contributed by atoms with Gasteiger partial charge >= 0.3 is 12.2 Å². The number of para-hydroxylation sites is 1. The van der Waals surface area contributed by atoms with Crippen LogP contribution in [0.1, 0.15) is 17.5 Å². The molecule has 2 aromatic carbocycles. The first kappa shape index (κ1) is 21.6. The van der Waals surface area contributed by atoms with Crippen LogP contribution in [0.25, 0.3) is 0 Å². The first-order chi connectivity index (χ1) is 14.2. The number of carbonyl (C=O) groups excluding carboxylic acids is 3. The minimum atomic E-state index is -4.74. The van der Waals surface area contributed by atoms with Crippen molar-refractivity contribution in [2.24, 2.45) is 0 Å². The lowest BCUT2D eigenvalue weighted by atomic mass is 10.1. The fourth-order valence-corrected chi connectivity index (χ4v) is 3.31. The van der Waals surface area contributed by atoms with Crippen molar-refractivity contribution in [2.75, 3.05) is 11.9 Å². The molecule has 0 spiro atoms. The number of hydrogen-bond acceptors (Lipinski definition) is 3. The van der Waals surface area contributed by atoms with Gasteiger partial charge in [-0.05, 0) is 30.5 Å². The van der Waals surface area contributed by atoms with Gasteiger partial charge in [0.25, 0.3) is 5.91 Å². The molecule has 1 atom stereocenters. The fourth-order valence-electron chi connectivity index (χ4n) is 3.09. The van der Waals surface area contributed by atoms with Crippen LogP contribution in [0.3, 0.4) is 0 Å². The van der Waals surface area contributed by atoms with Gasteiger partial charge in [0.2, 0.25) is 5.91 Å². The summed E-state index contributed by atoms with van der Waals surface area (Å²) in [5.41, 5.74) is -0.764. The average molecular weight is 440 g/mol. The van der Waals surface area contributed by atoms with Crippen molar-refractivity contribution in [1.82, 2.24) is 10.2 Å². The Morgan fingerprint density at radius 2 is 1.80 bits per heavy atom. The van der Waals surface area contributed by atoms with Crippen LogP contribution in [0.4, 0.5) is 23.7 Å². The third-order valence-electron chi connectivity index (χ3n) is 4.56. The lowest BCUT2D eigenvalue weighted by molar-refractivity contribution is -0.137. The zero-order valence-electron chi connectivity index (χ0n) is 15.5. The number of hydrogen-bond donors (Lipinski definition) is 2. The Bertz CT molecular complexity index is 967. The molecule has 2 N–H and O–H groups in total. The summed E-state index contributed by atoms with van der Waals surface area (Å²) >= 11 is 5.80. The fraction of sp³-hybridized carbons (Fsp3) is 0.250. The number of urea groups is 1. The van der Waals surface area contributed by atoms with E-state index in [9.17, 15) is 27.6 Å². The van der Waals surface area contributed by atoms with E-state index in [1.165, 1.54) is 6.07 Å². The highest BCUT2D eigenvalue weighted by molar-refractivity contribution is 6.34. The van der Waals surface area contributed by atoms with Crippen molar-refractivity contribution < 1.29 is 27.6 Å². The molecule has 0 aromatic heterocycles. The molecule has 6 nitrogen and oxygen atoms in total. The molecule has 0 bridgehead atoms. The number of rotatable bonds is 6. The molecule has 1 saturated heterocycles. The Morgan fingerprint density at radius 1 is 1.10 bits per heavy atom. The molecule has 0 unspecified atom stereocenters. The Hall–Kier alpha value is -3.07. The molecule has 4 amide bonds. The SMILES string of the molecule is O=C(CN1C(=O)N[C@@H](CCc2ccccc2)C1=O)Nc1c(Cl)cccc1C(F)(F)F. The van der Waals surface area contributed by atoms with E-state index in [-0.39, 0.29) is 5.02 Å². The third kappa shape index (κ3) is 4.91. The van der Waals surface area contributed by atoms with Crippen LogP contribution >= 0.6 is 11.6 Å². The van der Waals surface area contributed by atoms with Gasteiger partial charge in [0.1, 0.15) is 12.6 Å². The van der Waals surface area contributed by atoms with E-state index in [1.54, 1.807) is 0 Å². The predicted octanol–water partition coefficient (Wildman–Crippen LogP) is 3.85. The van der Waals surface area contributed by atoms with Crippen LogP contribution in [0, 0.1) is 0 Å². The van der Waals surface area contributed by atoms with Gasteiger partial charge in [0, 0.05) is 0 Å². The lowest BCUT2D eigenvalue weighted by Gasteiger charge is -2.17. The summed E-state index contributed by atoms with van der Waals surface area (Å²) in [5, 5.41) is 4.24. The number of benzene rings is 2. The van der Waals surface area contributed by atoms with Gasteiger partial charge in [-0.2, -0.15) is 13.2 Å². The van der Waals surface area contributed by atoms with Gasteiger partial charge in [0.15, 0.2) is 0 Å². The molecule has 10 heteroatoms. The van der Waals surface area contributed by atoms with Gasteiger partial charge in [-0.15, -0.1) is 0 Å². The second kappa shape index (κ2) is 8.74. The molecule has 158 valence electrons. The second-order valence-corrected chi connectivity index (χ2v) is 7.07. The number of anilines is 1. The highest BCUT2D eigenvalue weighted by atomic mass is 35.5. The minimum absolute atomic E-state index is 0.309. The molecular formula is C20H17ClF3N3O3. The summed E-state index contributed by atoms with van der Waals surface area (Å²) < 4.78 is 39.4. The van der Waals surface area contributed by atoms with E-state index in [2.05, 4.69) is 10.6 Å². The van der Waals surface area contributed by atoms with Crippen molar-refractivity contribution in [1.29, 1.82) is 0 Å². The van der Waals surface area contributed by atoms with E-state index in [4.69, 9.17) is 11.6 Å². The maximum absolute atomic E-state index is 13.1. The van der Waals surface area contributed by atoms with Crippen molar-refractivity contribution in [3.8, 4) is 0 Å². The van der Waals surface area contributed by atoms with Gasteiger partial charge in [0.05, 0.1) is 16.3 Å². The molecule has 1 aliphatic heterocycles. The Labute approximate surface area is 175 Å². The molecular weight excluding hydrogens is 423 g/mol. The molecule has 1 heterocycles. The minimum Gasteiger partial charge on any atom is -0.326 e. The van der Waals surface area contributed by atoms with Crippen LogP contribution in [0.2, 0.25) is 5.02 Å². The topological polar surface area (TPSA) is 78.5 Å². The highest BCUT2D eigenvalue weighted by Crippen LogP contribution is 2.38. The number of carbonyl (C=O) groups is 3. The van der Waals surface area contributed by atoms with Crippen LogP contribution in [-0.2, 0) is 22.2 Å². The smallest absolute Gasteiger partial charge is 0.326 e. The molecule has 3 rings (SSSR count). The normalized spacial score (nSPS) is 16.5. The zero-order valence-corrected chi connectivity index (χ0v) is 16.3. The maximum Gasteiger partial charge on any atom is 0.418 e. The first-order valence-corrected chi connectivity index (χ1v) is 9.36. The second-order valence-electron chi connectivity index (χ2n) is 6.66. The van der Waals surface area contributed by atoms with E-state index < -0.39 is 47.9 Å². The van der Waals surface area contributed by atoms with Gasteiger partial charge in [-0.1, -0.05) is 48.0 Å². The van der Waals surface area contributed by atoms with Crippen molar-refractivity contribution in [3.05, 3.63) is 64.7 Å². The Morgan fingerprint density at radius 3 is 2.47 bits per heavy atom. The zero-order chi connectivity index (χ0) is 21.9. The Balaban J connectivity index is 1.65. The quantitative estimate of drug-likeness (QED) is 0.671. The summed E-state index contributed by atoms with van der Waals surface area (Å²) in [7, 11) is 0.